The van der Waals surface area contributed by atoms with Crippen LogP contribution in [0, 0.1) is 20.8 Å². The quantitative estimate of drug-likeness (QED) is 0.323. The zero-order valence-corrected chi connectivity index (χ0v) is 19.5. The highest BCUT2D eigenvalue weighted by Gasteiger charge is 2.47. The first-order chi connectivity index (χ1) is 15.8. The van der Waals surface area contributed by atoms with Crippen LogP contribution >= 0.6 is 11.6 Å². The smallest absolute Gasteiger partial charge is 0.300 e. The molecule has 1 atom stereocenters. The van der Waals surface area contributed by atoms with Gasteiger partial charge >= 0.3 is 0 Å². The number of rotatable bonds is 4. The molecule has 1 fully saturated rings. The van der Waals surface area contributed by atoms with Crippen LogP contribution in [0.25, 0.3) is 5.76 Å². The van der Waals surface area contributed by atoms with E-state index < -0.39 is 17.7 Å². The largest absolute Gasteiger partial charge is 0.507 e. The van der Waals surface area contributed by atoms with Gasteiger partial charge in [0.2, 0.25) is 0 Å². The molecule has 0 radical (unpaired) electrons. The van der Waals surface area contributed by atoms with E-state index in [1.165, 1.54) is 12.0 Å². The zero-order chi connectivity index (χ0) is 23.9. The molecule has 1 aromatic heterocycles. The number of aliphatic hydroxyl groups is 1. The van der Waals surface area contributed by atoms with Gasteiger partial charge < -0.3 is 9.84 Å². The van der Waals surface area contributed by atoms with Gasteiger partial charge in [-0.1, -0.05) is 29.8 Å². The number of methoxy groups -OCH3 is 1. The summed E-state index contributed by atoms with van der Waals surface area (Å²) in [6.07, 6.45) is 3.19. The summed E-state index contributed by atoms with van der Waals surface area (Å²) < 4.78 is 5.41. The molecular formula is C26H23ClN2O4. The number of hydrogen-bond acceptors (Lipinski definition) is 5. The minimum atomic E-state index is -0.872. The second-order valence-electron chi connectivity index (χ2n) is 8.00. The maximum Gasteiger partial charge on any atom is 0.300 e. The number of benzene rings is 2. The molecule has 33 heavy (non-hydrogen) atoms. The summed E-state index contributed by atoms with van der Waals surface area (Å²) in [5.74, 6) is -1.64. The van der Waals surface area contributed by atoms with Crippen LogP contribution in [-0.4, -0.2) is 28.9 Å². The Kier molecular flexibility index (Phi) is 5.95. The zero-order valence-electron chi connectivity index (χ0n) is 18.7. The molecule has 1 aliphatic rings. The topological polar surface area (TPSA) is 79.7 Å². The fraction of sp³-hybridized carbons (Fsp3) is 0.192. The molecule has 6 nitrogen and oxygen atoms in total. The number of halogens is 1. The van der Waals surface area contributed by atoms with Gasteiger partial charge in [0.05, 0.1) is 29.3 Å². The van der Waals surface area contributed by atoms with Crippen LogP contribution in [0.2, 0.25) is 5.02 Å². The number of nitrogens with zero attached hydrogens (tertiary/aromatic N) is 2. The van der Waals surface area contributed by atoms with Crippen molar-refractivity contribution in [3.05, 3.63) is 93.3 Å². The van der Waals surface area contributed by atoms with Gasteiger partial charge in [-0.3, -0.25) is 19.5 Å². The fourth-order valence-electron chi connectivity index (χ4n) is 4.19. The molecule has 168 valence electrons. The van der Waals surface area contributed by atoms with Crippen LogP contribution in [0.4, 0.5) is 5.69 Å². The van der Waals surface area contributed by atoms with Gasteiger partial charge in [0, 0.05) is 18.1 Å². The Labute approximate surface area is 197 Å². The number of aromatic nitrogens is 1. The summed E-state index contributed by atoms with van der Waals surface area (Å²) in [5, 5.41) is 11.7. The first-order valence-corrected chi connectivity index (χ1v) is 10.8. The highest BCUT2D eigenvalue weighted by atomic mass is 35.5. The predicted molar refractivity (Wildman–Crippen MR) is 128 cm³/mol. The van der Waals surface area contributed by atoms with Crippen molar-refractivity contribution < 1.29 is 19.4 Å². The summed E-state index contributed by atoms with van der Waals surface area (Å²) in [4.78, 5) is 32.3. The number of carbonyl (C=O) groups excluding carboxylic acids is 2. The second-order valence-corrected chi connectivity index (χ2v) is 8.41. The molecule has 1 amide bonds. The molecule has 4 rings (SSSR count). The Morgan fingerprint density at radius 1 is 1.12 bits per heavy atom. The first kappa shape index (κ1) is 22.6. The van der Waals surface area contributed by atoms with E-state index in [0.29, 0.717) is 16.3 Å². The van der Waals surface area contributed by atoms with Gasteiger partial charge in [0.1, 0.15) is 11.5 Å². The summed E-state index contributed by atoms with van der Waals surface area (Å²) in [6, 6.07) is 11.6. The normalized spacial score (nSPS) is 17.5. The Hall–Kier alpha value is -3.64. The number of anilines is 1. The highest BCUT2D eigenvalue weighted by Crippen LogP contribution is 2.45. The molecule has 0 saturated carbocycles. The lowest BCUT2D eigenvalue weighted by molar-refractivity contribution is -0.132. The predicted octanol–water partition coefficient (Wildman–Crippen LogP) is 5.30. The van der Waals surface area contributed by atoms with Gasteiger partial charge in [0.25, 0.3) is 11.7 Å². The van der Waals surface area contributed by atoms with Crippen molar-refractivity contribution >= 4 is 34.7 Å². The molecular weight excluding hydrogens is 440 g/mol. The van der Waals surface area contributed by atoms with Crippen LogP contribution in [0.1, 0.15) is 33.9 Å². The van der Waals surface area contributed by atoms with Gasteiger partial charge in [-0.25, -0.2) is 0 Å². The molecule has 0 aliphatic carbocycles. The number of carbonyl (C=O) groups is 2. The summed E-state index contributed by atoms with van der Waals surface area (Å²) in [7, 11) is 1.43. The SMILES string of the molecule is COc1c(Cl)cc(C)cc1/C(O)=C1\C(=O)C(=O)N(c2cccc(C)c2C)C1c1cccnc1. The third-order valence-corrected chi connectivity index (χ3v) is 6.21. The fourth-order valence-corrected chi connectivity index (χ4v) is 4.54. The molecule has 2 aromatic carbocycles. The lowest BCUT2D eigenvalue weighted by Gasteiger charge is -2.27. The molecule has 3 aromatic rings. The Morgan fingerprint density at radius 2 is 1.88 bits per heavy atom. The standard InChI is InChI=1S/C26H23ClN2O4/c1-14-11-18(25(33-4)19(27)12-14)23(30)21-22(17-8-6-10-28-13-17)29(26(32)24(21)31)20-9-5-7-15(2)16(20)3/h5-13,22,30H,1-4H3/b23-21+. The lowest BCUT2D eigenvalue weighted by Crippen LogP contribution is -2.30. The van der Waals surface area contributed by atoms with Crippen molar-refractivity contribution in [3.63, 3.8) is 0 Å². The van der Waals surface area contributed by atoms with Crippen molar-refractivity contribution in [2.24, 2.45) is 0 Å². The number of ether oxygens (including phenoxy) is 1. The number of pyridine rings is 1. The minimum absolute atomic E-state index is 0.0473. The Bertz CT molecular complexity index is 1300. The summed E-state index contributed by atoms with van der Waals surface area (Å²) >= 11 is 6.34. The van der Waals surface area contributed by atoms with E-state index in [9.17, 15) is 14.7 Å². The summed E-state index contributed by atoms with van der Waals surface area (Å²) in [5.41, 5.74) is 4.00. The Morgan fingerprint density at radius 3 is 2.55 bits per heavy atom. The van der Waals surface area contributed by atoms with Gasteiger partial charge in [-0.2, -0.15) is 0 Å². The van der Waals surface area contributed by atoms with E-state index >= 15 is 0 Å². The molecule has 1 saturated heterocycles. The molecule has 1 aliphatic heterocycles. The van der Waals surface area contributed by atoms with Crippen molar-refractivity contribution in [1.82, 2.24) is 4.98 Å². The molecule has 0 spiro atoms. The van der Waals surface area contributed by atoms with Crippen molar-refractivity contribution in [1.29, 1.82) is 0 Å². The van der Waals surface area contributed by atoms with Crippen LogP contribution in [-0.2, 0) is 9.59 Å². The van der Waals surface area contributed by atoms with E-state index in [1.807, 2.05) is 32.9 Å². The van der Waals surface area contributed by atoms with Gasteiger partial charge in [0.15, 0.2) is 0 Å². The highest BCUT2D eigenvalue weighted by molar-refractivity contribution is 6.52. The van der Waals surface area contributed by atoms with E-state index in [-0.39, 0.29) is 22.6 Å². The van der Waals surface area contributed by atoms with E-state index in [4.69, 9.17) is 16.3 Å². The van der Waals surface area contributed by atoms with Crippen LogP contribution < -0.4 is 9.64 Å². The Balaban J connectivity index is 2.03. The molecule has 2 heterocycles. The average Bonchev–Trinajstić information content (AvgIpc) is 3.06. The minimum Gasteiger partial charge on any atom is -0.507 e. The van der Waals surface area contributed by atoms with E-state index in [2.05, 4.69) is 4.98 Å². The maximum absolute atomic E-state index is 13.3. The van der Waals surface area contributed by atoms with Gasteiger partial charge in [-0.05, 0) is 67.3 Å². The average molecular weight is 463 g/mol. The summed E-state index contributed by atoms with van der Waals surface area (Å²) in [6.45, 7) is 5.65. The number of aryl methyl sites for hydroxylation is 2. The van der Waals surface area contributed by atoms with Crippen LogP contribution in [0.5, 0.6) is 5.75 Å². The van der Waals surface area contributed by atoms with Crippen molar-refractivity contribution in [2.45, 2.75) is 26.8 Å². The monoisotopic (exact) mass is 462 g/mol. The molecule has 0 bridgehead atoms. The van der Waals surface area contributed by atoms with Crippen molar-refractivity contribution in [3.8, 4) is 5.75 Å². The second kappa shape index (κ2) is 8.71. The van der Waals surface area contributed by atoms with Gasteiger partial charge in [-0.15, -0.1) is 0 Å². The van der Waals surface area contributed by atoms with Crippen LogP contribution in [0.3, 0.4) is 0 Å². The third-order valence-electron chi connectivity index (χ3n) is 5.93. The number of aliphatic hydroxyl groups excluding tert-OH is 1. The molecule has 7 heteroatoms. The number of ketones is 1. The molecule has 1 unspecified atom stereocenters. The first-order valence-electron chi connectivity index (χ1n) is 10.4. The van der Waals surface area contributed by atoms with E-state index in [0.717, 1.165) is 16.7 Å². The number of Topliss-reactive ketones (excluding diaryl/α,β-unsaturated/α-hetero) is 1. The molecule has 1 N–H and O–H groups in total. The van der Waals surface area contributed by atoms with Crippen molar-refractivity contribution in [2.75, 3.05) is 12.0 Å². The van der Waals surface area contributed by atoms with Crippen LogP contribution in [0.15, 0.2) is 60.4 Å². The maximum atomic E-state index is 13.3. The number of amides is 1. The number of hydrogen-bond donors (Lipinski definition) is 1. The van der Waals surface area contributed by atoms with E-state index in [1.54, 1.807) is 42.7 Å². The third kappa shape index (κ3) is 3.76. The lowest BCUT2D eigenvalue weighted by atomic mass is 9.95.